The van der Waals surface area contributed by atoms with E-state index in [0.29, 0.717) is 23.9 Å². The first-order valence-electron chi connectivity index (χ1n) is 13.9. The van der Waals surface area contributed by atoms with Crippen molar-refractivity contribution < 1.29 is 18.3 Å². The number of piperidine rings is 1. The topological polar surface area (TPSA) is 100 Å². The number of carbonyl (C=O) groups excluding carboxylic acids is 1. The van der Waals surface area contributed by atoms with Gasteiger partial charge in [0.1, 0.15) is 5.75 Å². The summed E-state index contributed by atoms with van der Waals surface area (Å²) in [6, 6.07) is 12.3. The number of halogens is 2. The van der Waals surface area contributed by atoms with Crippen LogP contribution in [-0.2, 0) is 13.0 Å². The number of aromatic nitrogens is 5. The lowest BCUT2D eigenvalue weighted by Gasteiger charge is -2.32. The predicted octanol–water partition coefficient (Wildman–Crippen LogP) is 5.74. The summed E-state index contributed by atoms with van der Waals surface area (Å²) in [6.45, 7) is 1.13. The molecule has 0 aliphatic carbocycles. The molecule has 0 unspecified atom stereocenters. The fraction of sp³-hybridized carbons (Fsp3) is 0.290. The predicted molar refractivity (Wildman–Crippen MR) is 154 cm³/mol. The third-order valence-electron chi connectivity index (χ3n) is 7.75. The van der Waals surface area contributed by atoms with Gasteiger partial charge in [-0.05, 0) is 73.6 Å². The van der Waals surface area contributed by atoms with Crippen LogP contribution in [0.4, 0.5) is 14.6 Å². The highest BCUT2D eigenvalue weighted by Crippen LogP contribution is 2.27. The Balaban J connectivity index is 1.09. The molecule has 0 spiro atoms. The number of rotatable bonds is 9. The maximum absolute atomic E-state index is 13.3. The van der Waals surface area contributed by atoms with E-state index in [1.165, 1.54) is 12.1 Å². The lowest BCUT2D eigenvalue weighted by atomic mass is 9.92. The number of nitrogens with one attached hydrogen (secondary N) is 2. The molecular formula is C31H31F2N7O2. The van der Waals surface area contributed by atoms with Crippen LogP contribution >= 0.6 is 0 Å². The Labute approximate surface area is 241 Å². The van der Waals surface area contributed by atoms with Crippen molar-refractivity contribution in [2.75, 3.05) is 18.4 Å². The Bertz CT molecular complexity index is 1660. The molecule has 216 valence electrons. The molecule has 2 N–H and O–H groups in total. The second kappa shape index (κ2) is 12.0. The van der Waals surface area contributed by atoms with E-state index in [2.05, 4.69) is 30.0 Å². The molecule has 0 atom stereocenters. The van der Waals surface area contributed by atoms with Gasteiger partial charge in [-0.2, -0.15) is 8.78 Å². The summed E-state index contributed by atoms with van der Waals surface area (Å²) in [6.07, 6.45) is 11.7. The number of likely N-dealkylation sites (tertiary alicyclic amines) is 1. The van der Waals surface area contributed by atoms with E-state index >= 15 is 0 Å². The van der Waals surface area contributed by atoms with Crippen LogP contribution in [0.25, 0.3) is 16.9 Å². The van der Waals surface area contributed by atoms with Gasteiger partial charge in [-0.25, -0.2) is 15.0 Å². The van der Waals surface area contributed by atoms with Gasteiger partial charge in [0.05, 0.1) is 18.2 Å². The maximum Gasteiger partial charge on any atom is 0.387 e. The zero-order chi connectivity index (χ0) is 29.1. The maximum atomic E-state index is 13.3. The highest BCUT2D eigenvalue weighted by atomic mass is 19.3. The van der Waals surface area contributed by atoms with Crippen LogP contribution in [0.5, 0.6) is 5.75 Å². The van der Waals surface area contributed by atoms with Gasteiger partial charge < -0.3 is 19.9 Å². The molecule has 42 heavy (non-hydrogen) atoms. The van der Waals surface area contributed by atoms with Gasteiger partial charge in [-0.1, -0.05) is 12.1 Å². The summed E-state index contributed by atoms with van der Waals surface area (Å²) < 4.78 is 31.3. The fourth-order valence-electron chi connectivity index (χ4n) is 5.54. The van der Waals surface area contributed by atoms with Crippen molar-refractivity contribution >= 4 is 17.4 Å². The van der Waals surface area contributed by atoms with Crippen molar-refractivity contribution in [1.29, 1.82) is 0 Å². The van der Waals surface area contributed by atoms with Crippen LogP contribution in [0.15, 0.2) is 73.6 Å². The molecule has 1 fully saturated rings. The Morgan fingerprint density at radius 1 is 1.12 bits per heavy atom. The first-order valence-corrected chi connectivity index (χ1v) is 13.9. The van der Waals surface area contributed by atoms with Gasteiger partial charge in [0.15, 0.2) is 11.5 Å². The number of benzene rings is 2. The average Bonchev–Trinajstić information content (AvgIpc) is 3.67. The minimum absolute atomic E-state index is 0.0807. The number of hydrogen-bond donors (Lipinski definition) is 2. The quantitative estimate of drug-likeness (QED) is 0.234. The molecule has 2 aromatic carbocycles. The van der Waals surface area contributed by atoms with E-state index in [0.717, 1.165) is 66.0 Å². The van der Waals surface area contributed by atoms with E-state index in [9.17, 15) is 13.6 Å². The van der Waals surface area contributed by atoms with Crippen molar-refractivity contribution in [2.24, 2.45) is 5.92 Å². The summed E-state index contributed by atoms with van der Waals surface area (Å²) in [5.74, 6) is 1.34. The molecule has 0 bridgehead atoms. The van der Waals surface area contributed by atoms with Gasteiger partial charge in [-0.15, -0.1) is 0 Å². The second-order valence-electron chi connectivity index (χ2n) is 10.5. The third-order valence-corrected chi connectivity index (χ3v) is 7.75. The zero-order valence-corrected chi connectivity index (χ0v) is 23.1. The molecule has 9 nitrogen and oxygen atoms in total. The lowest BCUT2D eigenvalue weighted by molar-refractivity contribution is -0.0498. The van der Waals surface area contributed by atoms with Crippen molar-refractivity contribution in [2.45, 2.75) is 39.3 Å². The number of aryl methyl sites for hydroxylation is 1. The van der Waals surface area contributed by atoms with Gasteiger partial charge in [-0.3, -0.25) is 9.20 Å². The Morgan fingerprint density at radius 2 is 1.93 bits per heavy atom. The lowest BCUT2D eigenvalue weighted by Crippen LogP contribution is -2.39. The molecule has 1 aliphatic rings. The number of hydrogen-bond acceptors (Lipinski definition) is 6. The van der Waals surface area contributed by atoms with E-state index in [1.54, 1.807) is 37.1 Å². The molecule has 5 aromatic rings. The molecule has 4 heterocycles. The number of H-pyrrole nitrogens is 1. The Kier molecular flexibility index (Phi) is 7.81. The molecule has 1 amide bonds. The smallest absolute Gasteiger partial charge is 0.387 e. The highest BCUT2D eigenvalue weighted by molar-refractivity contribution is 5.95. The number of anilines is 1. The molecule has 11 heteroatoms. The zero-order valence-electron chi connectivity index (χ0n) is 23.1. The van der Waals surface area contributed by atoms with Crippen LogP contribution < -0.4 is 10.1 Å². The summed E-state index contributed by atoms with van der Waals surface area (Å²) in [7, 11) is 0. The summed E-state index contributed by atoms with van der Waals surface area (Å²) in [5.41, 5.74) is 6.07. The number of amides is 1. The number of ether oxygens (including phenoxy) is 1. The molecule has 1 aliphatic heterocycles. The number of alkyl halides is 2. The molecular weight excluding hydrogens is 540 g/mol. The summed E-state index contributed by atoms with van der Waals surface area (Å²) in [5, 5.41) is 3.36. The minimum atomic E-state index is -2.87. The normalized spacial score (nSPS) is 14.0. The van der Waals surface area contributed by atoms with Gasteiger partial charge >= 0.3 is 6.61 Å². The van der Waals surface area contributed by atoms with Crippen molar-refractivity contribution in [3.8, 4) is 17.0 Å². The number of carbonyl (C=O) groups is 1. The van der Waals surface area contributed by atoms with Crippen LogP contribution in [0.1, 0.15) is 40.0 Å². The van der Waals surface area contributed by atoms with E-state index in [1.807, 2.05) is 40.6 Å². The van der Waals surface area contributed by atoms with Gasteiger partial charge in [0.2, 0.25) is 0 Å². The minimum Gasteiger partial charge on any atom is -0.435 e. The number of imidazole rings is 2. The van der Waals surface area contributed by atoms with Crippen LogP contribution in [0.2, 0.25) is 0 Å². The standard InChI is InChI=1S/C31H31F2N7O2/c1-20-14-22(2-7-26(20)30(41)39-11-8-21(9-12-39)15-24-17-34-19-38-24)16-36-28-29-37-18-27(40(29)13-10-35-28)23-3-5-25(6-4-23)42-31(32)33/h2-7,10,13-14,17-19,21,31H,8-9,11-12,15-16H2,1H3,(H,34,38)(H,35,36). The van der Waals surface area contributed by atoms with Crippen LogP contribution in [-0.4, -0.2) is 54.8 Å². The van der Waals surface area contributed by atoms with Crippen molar-refractivity contribution in [3.05, 3.63) is 96.0 Å². The monoisotopic (exact) mass is 571 g/mol. The first-order chi connectivity index (χ1) is 20.4. The van der Waals surface area contributed by atoms with E-state index in [-0.39, 0.29) is 11.7 Å². The van der Waals surface area contributed by atoms with Gasteiger partial charge in [0, 0.05) is 55.0 Å². The van der Waals surface area contributed by atoms with Crippen molar-refractivity contribution in [3.63, 3.8) is 0 Å². The molecule has 0 radical (unpaired) electrons. The average molecular weight is 572 g/mol. The van der Waals surface area contributed by atoms with Crippen LogP contribution in [0.3, 0.4) is 0 Å². The number of aromatic amines is 1. The summed E-state index contributed by atoms with van der Waals surface area (Å²) >= 11 is 0. The molecule has 6 rings (SSSR count). The molecule has 1 saturated heterocycles. The van der Waals surface area contributed by atoms with Crippen molar-refractivity contribution in [1.82, 2.24) is 29.2 Å². The largest absolute Gasteiger partial charge is 0.435 e. The number of fused-ring (bicyclic) bond motifs is 1. The third kappa shape index (κ3) is 5.95. The fourth-order valence-corrected chi connectivity index (χ4v) is 5.54. The molecule has 0 saturated carbocycles. The second-order valence-corrected chi connectivity index (χ2v) is 10.5. The Hall–Kier alpha value is -4.80. The molecule has 3 aromatic heterocycles. The Morgan fingerprint density at radius 3 is 2.64 bits per heavy atom. The first kappa shape index (κ1) is 27.4. The number of nitrogens with zero attached hydrogens (tertiary/aromatic N) is 5. The van der Waals surface area contributed by atoms with Gasteiger partial charge in [0.25, 0.3) is 5.91 Å². The highest BCUT2D eigenvalue weighted by Gasteiger charge is 2.25. The van der Waals surface area contributed by atoms with Crippen LogP contribution in [0, 0.1) is 12.8 Å². The summed E-state index contributed by atoms with van der Waals surface area (Å²) in [4.78, 5) is 31.5. The van der Waals surface area contributed by atoms with E-state index in [4.69, 9.17) is 0 Å². The SMILES string of the molecule is Cc1cc(CNc2nccn3c(-c4ccc(OC(F)F)cc4)cnc23)ccc1C(=O)N1CCC(Cc2cnc[nH]2)CC1. The van der Waals surface area contributed by atoms with E-state index < -0.39 is 6.61 Å².